The Morgan fingerprint density at radius 3 is 2.68 bits per heavy atom. The number of ketones is 1. The highest BCUT2D eigenvalue weighted by atomic mass is 19.1. The largest absolute Gasteiger partial charge is 0.326 e. The molecular formula is C22H24FN3O2. The zero-order chi connectivity index (χ0) is 19.5. The van der Waals surface area contributed by atoms with Crippen LogP contribution in [0.5, 0.6) is 0 Å². The smallest absolute Gasteiger partial charge is 0.318 e. The topological polar surface area (TPSA) is 53.5 Å². The molecule has 28 heavy (non-hydrogen) atoms. The summed E-state index contributed by atoms with van der Waals surface area (Å²) in [4.78, 5) is 32.8. The number of nitrogens with zero attached hydrogens (tertiary/aromatic N) is 3. The Labute approximate surface area is 164 Å². The lowest BCUT2D eigenvalue weighted by Crippen LogP contribution is -2.32. The van der Waals surface area contributed by atoms with Crippen LogP contribution < -0.4 is 4.90 Å². The molecule has 146 valence electrons. The van der Waals surface area contributed by atoms with Gasteiger partial charge in [0.15, 0.2) is 5.78 Å². The monoisotopic (exact) mass is 381 g/mol. The van der Waals surface area contributed by atoms with Gasteiger partial charge in [-0.05, 0) is 42.2 Å². The summed E-state index contributed by atoms with van der Waals surface area (Å²) >= 11 is 0. The van der Waals surface area contributed by atoms with Crippen molar-refractivity contribution in [3.63, 3.8) is 0 Å². The van der Waals surface area contributed by atoms with E-state index < -0.39 is 0 Å². The van der Waals surface area contributed by atoms with Gasteiger partial charge >= 0.3 is 6.03 Å². The van der Waals surface area contributed by atoms with Crippen molar-refractivity contribution in [1.29, 1.82) is 0 Å². The molecule has 0 unspecified atom stereocenters. The van der Waals surface area contributed by atoms with Gasteiger partial charge in [-0.2, -0.15) is 0 Å². The predicted octanol–water partition coefficient (Wildman–Crippen LogP) is 4.43. The Morgan fingerprint density at radius 2 is 1.93 bits per heavy atom. The van der Waals surface area contributed by atoms with E-state index in [1.165, 1.54) is 25.0 Å². The second-order valence-corrected chi connectivity index (χ2v) is 7.64. The molecule has 1 aliphatic carbocycles. The highest BCUT2D eigenvalue weighted by Gasteiger charge is 2.30. The van der Waals surface area contributed by atoms with Gasteiger partial charge in [0.25, 0.3) is 0 Å². The fourth-order valence-electron chi connectivity index (χ4n) is 3.59. The maximum absolute atomic E-state index is 13.1. The van der Waals surface area contributed by atoms with E-state index >= 15 is 0 Å². The van der Waals surface area contributed by atoms with Gasteiger partial charge in [0, 0.05) is 37.8 Å². The minimum atomic E-state index is -0.291. The van der Waals surface area contributed by atoms with Gasteiger partial charge in [0.2, 0.25) is 0 Å². The van der Waals surface area contributed by atoms with Gasteiger partial charge in [-0.3, -0.25) is 9.69 Å². The summed E-state index contributed by atoms with van der Waals surface area (Å²) in [5, 5.41) is 0. The third-order valence-electron chi connectivity index (χ3n) is 5.44. The molecule has 2 heterocycles. The van der Waals surface area contributed by atoms with E-state index in [0.717, 1.165) is 24.3 Å². The average molecular weight is 381 g/mol. The molecule has 2 aromatic rings. The number of carbonyl (C=O) groups is 2. The maximum Gasteiger partial charge on any atom is 0.326 e. The highest BCUT2D eigenvalue weighted by molar-refractivity contribution is 5.98. The first-order valence-electron chi connectivity index (χ1n) is 9.90. The van der Waals surface area contributed by atoms with Crippen LogP contribution in [-0.4, -0.2) is 34.8 Å². The summed E-state index contributed by atoms with van der Waals surface area (Å²) in [5.74, 6) is 1.16. The van der Waals surface area contributed by atoms with Crippen molar-refractivity contribution in [3.8, 4) is 0 Å². The minimum absolute atomic E-state index is 0.110. The molecule has 6 heteroatoms. The first kappa shape index (κ1) is 18.6. The molecule has 1 aliphatic heterocycles. The third kappa shape index (κ3) is 4.38. The fourth-order valence-corrected chi connectivity index (χ4v) is 3.59. The first-order valence-corrected chi connectivity index (χ1v) is 9.90. The van der Waals surface area contributed by atoms with E-state index in [2.05, 4.69) is 4.98 Å². The van der Waals surface area contributed by atoms with Gasteiger partial charge in [0.05, 0.1) is 0 Å². The van der Waals surface area contributed by atoms with Crippen LogP contribution in [0.25, 0.3) is 0 Å². The normalized spacial score (nSPS) is 16.7. The number of rotatable bonds is 8. The Morgan fingerprint density at radius 1 is 1.14 bits per heavy atom. The second-order valence-electron chi connectivity index (χ2n) is 7.64. The highest BCUT2D eigenvalue weighted by Crippen LogP contribution is 2.34. The molecule has 2 fully saturated rings. The molecule has 0 bridgehead atoms. The number of pyridine rings is 1. The number of urea groups is 1. The molecule has 0 N–H and O–H groups in total. The molecule has 2 amide bonds. The van der Waals surface area contributed by atoms with E-state index in [-0.39, 0.29) is 17.6 Å². The summed E-state index contributed by atoms with van der Waals surface area (Å²) < 4.78 is 13.1. The molecule has 0 atom stereocenters. The number of anilines is 1. The molecular weight excluding hydrogens is 357 g/mol. The molecule has 1 saturated heterocycles. The van der Waals surface area contributed by atoms with Crippen LogP contribution in [-0.2, 0) is 6.54 Å². The molecule has 0 spiro atoms. The van der Waals surface area contributed by atoms with Gasteiger partial charge in [-0.25, -0.2) is 14.2 Å². The number of Topliss-reactive ketones (excluding diaryl/α,β-unsaturated/α-hetero) is 1. The number of halogens is 1. The van der Waals surface area contributed by atoms with E-state index in [1.54, 1.807) is 40.3 Å². The maximum atomic E-state index is 13.1. The van der Waals surface area contributed by atoms with E-state index in [4.69, 9.17) is 0 Å². The molecule has 5 nitrogen and oxygen atoms in total. The summed E-state index contributed by atoms with van der Waals surface area (Å²) in [7, 11) is 0. The van der Waals surface area contributed by atoms with Crippen LogP contribution in [0.2, 0.25) is 0 Å². The number of hydrogen-bond donors (Lipinski definition) is 0. The number of carbonyl (C=O) groups excluding carboxylic acids is 2. The Balaban J connectivity index is 1.38. The van der Waals surface area contributed by atoms with Crippen molar-refractivity contribution in [3.05, 3.63) is 59.5 Å². The number of benzene rings is 1. The molecule has 4 rings (SSSR count). The summed E-state index contributed by atoms with van der Waals surface area (Å²) in [6.07, 6.45) is 6.81. The van der Waals surface area contributed by atoms with E-state index in [1.807, 2.05) is 0 Å². The van der Waals surface area contributed by atoms with Crippen LogP contribution in [0, 0.1) is 11.7 Å². The van der Waals surface area contributed by atoms with Crippen molar-refractivity contribution < 1.29 is 14.0 Å². The van der Waals surface area contributed by atoms with Crippen LogP contribution in [0.4, 0.5) is 15.0 Å². The lowest BCUT2D eigenvalue weighted by molar-refractivity contribution is 0.0978. The van der Waals surface area contributed by atoms with Gasteiger partial charge < -0.3 is 4.90 Å². The SMILES string of the molecule is O=C(CCCC1CC1)c1ccnc(N2CCN(Cc3ccc(F)cc3)C2=O)c1. The standard InChI is InChI=1S/C22H24FN3O2/c23-19-8-6-17(7-9-19)15-25-12-13-26(22(25)28)21-14-18(10-11-24-21)20(27)3-1-2-16-4-5-16/h6-11,14,16H,1-5,12-13,15H2. The van der Waals surface area contributed by atoms with Crippen LogP contribution in [0.15, 0.2) is 42.6 Å². The Kier molecular flexibility index (Phi) is 5.37. The van der Waals surface area contributed by atoms with Crippen LogP contribution in [0.3, 0.4) is 0 Å². The average Bonchev–Trinajstić information content (AvgIpc) is 3.46. The lowest BCUT2D eigenvalue weighted by atomic mass is 10.1. The van der Waals surface area contributed by atoms with Gasteiger partial charge in [-0.1, -0.05) is 31.4 Å². The van der Waals surface area contributed by atoms with Crippen LogP contribution >= 0.6 is 0 Å². The van der Waals surface area contributed by atoms with Crippen molar-refractivity contribution in [1.82, 2.24) is 9.88 Å². The lowest BCUT2D eigenvalue weighted by Gasteiger charge is -2.18. The van der Waals surface area contributed by atoms with Crippen molar-refractivity contribution in [2.45, 2.75) is 38.6 Å². The third-order valence-corrected chi connectivity index (χ3v) is 5.44. The summed E-state index contributed by atoms with van der Waals surface area (Å²) in [6, 6.07) is 9.46. The second kappa shape index (κ2) is 8.09. The van der Waals surface area contributed by atoms with Crippen molar-refractivity contribution in [2.75, 3.05) is 18.0 Å². The number of aromatic nitrogens is 1. The predicted molar refractivity (Wildman–Crippen MR) is 105 cm³/mol. The first-order chi connectivity index (χ1) is 13.6. The zero-order valence-corrected chi connectivity index (χ0v) is 15.8. The minimum Gasteiger partial charge on any atom is -0.318 e. The number of amides is 2. The molecule has 1 aromatic heterocycles. The van der Waals surface area contributed by atoms with Crippen LogP contribution in [0.1, 0.15) is 48.0 Å². The van der Waals surface area contributed by atoms with Gasteiger partial charge in [0.1, 0.15) is 11.6 Å². The molecule has 2 aliphatic rings. The van der Waals surface area contributed by atoms with Crippen molar-refractivity contribution >= 4 is 17.6 Å². The van der Waals surface area contributed by atoms with E-state index in [0.29, 0.717) is 37.4 Å². The Hall–Kier alpha value is -2.76. The number of hydrogen-bond acceptors (Lipinski definition) is 3. The quantitative estimate of drug-likeness (QED) is 0.636. The summed E-state index contributed by atoms with van der Waals surface area (Å²) in [6.45, 7) is 1.51. The zero-order valence-electron chi connectivity index (χ0n) is 15.8. The van der Waals surface area contributed by atoms with Gasteiger partial charge in [-0.15, -0.1) is 0 Å². The Bertz CT molecular complexity index is 864. The van der Waals surface area contributed by atoms with E-state index in [9.17, 15) is 14.0 Å². The molecule has 1 saturated carbocycles. The fraction of sp³-hybridized carbons (Fsp3) is 0.409. The molecule has 0 radical (unpaired) electrons. The summed E-state index contributed by atoms with van der Waals surface area (Å²) in [5.41, 5.74) is 1.50. The van der Waals surface area contributed by atoms with Crippen molar-refractivity contribution in [2.24, 2.45) is 5.92 Å². The molecule has 1 aromatic carbocycles.